The molecular weight excluding hydrogens is 422 g/mol. The number of phenolic OH excluding ortho intramolecular Hbond substituents is 1. The minimum absolute atomic E-state index is 0.0628. The molecule has 2 saturated heterocycles. The number of hydrogen-bond acceptors (Lipinski definition) is 6. The molecule has 32 heavy (non-hydrogen) atoms. The van der Waals surface area contributed by atoms with Crippen LogP contribution in [0.3, 0.4) is 0 Å². The number of benzene rings is 2. The first kappa shape index (κ1) is 22.3. The van der Waals surface area contributed by atoms with E-state index in [0.29, 0.717) is 29.0 Å². The van der Waals surface area contributed by atoms with Gasteiger partial charge in [0.25, 0.3) is 5.91 Å². The molecule has 0 saturated carbocycles. The van der Waals surface area contributed by atoms with Crippen molar-refractivity contribution in [2.24, 2.45) is 4.99 Å². The Hall–Kier alpha value is -2.93. The van der Waals surface area contributed by atoms with Crippen molar-refractivity contribution in [3.63, 3.8) is 0 Å². The molecule has 2 aromatic carbocycles. The van der Waals surface area contributed by atoms with Crippen molar-refractivity contribution in [1.82, 2.24) is 4.90 Å². The fourth-order valence-electron chi connectivity index (χ4n) is 3.91. The Bertz CT molecular complexity index is 1030. The monoisotopic (exact) mass is 451 g/mol. The van der Waals surface area contributed by atoms with Gasteiger partial charge < -0.3 is 14.7 Å². The number of phenols is 1. The molecule has 2 aliphatic heterocycles. The molecule has 0 spiro atoms. The predicted molar refractivity (Wildman–Crippen MR) is 132 cm³/mol. The number of aromatic hydroxyl groups is 1. The summed E-state index contributed by atoms with van der Waals surface area (Å²) in [5, 5.41) is 10.6. The van der Waals surface area contributed by atoms with E-state index < -0.39 is 0 Å². The van der Waals surface area contributed by atoms with Gasteiger partial charge in [-0.1, -0.05) is 6.07 Å². The van der Waals surface area contributed by atoms with Gasteiger partial charge in [0.15, 0.2) is 16.7 Å². The Balaban J connectivity index is 1.55. The molecular formula is C25H29N3O3S. The highest BCUT2D eigenvalue weighted by molar-refractivity contribution is 8.18. The Morgan fingerprint density at radius 3 is 2.53 bits per heavy atom. The van der Waals surface area contributed by atoms with Crippen LogP contribution in [0.2, 0.25) is 0 Å². The second-order valence-corrected chi connectivity index (χ2v) is 8.79. The van der Waals surface area contributed by atoms with Gasteiger partial charge in [-0.2, -0.15) is 0 Å². The zero-order valence-electron chi connectivity index (χ0n) is 18.6. The van der Waals surface area contributed by atoms with Gasteiger partial charge in [-0.15, -0.1) is 0 Å². The Kier molecular flexibility index (Phi) is 7.05. The van der Waals surface area contributed by atoms with Gasteiger partial charge in [0.05, 0.1) is 17.2 Å². The summed E-state index contributed by atoms with van der Waals surface area (Å²) in [6.45, 7) is 7.04. The highest BCUT2D eigenvalue weighted by atomic mass is 32.2. The van der Waals surface area contributed by atoms with E-state index in [2.05, 4.69) is 17.0 Å². The van der Waals surface area contributed by atoms with Crippen molar-refractivity contribution >= 4 is 40.3 Å². The van der Waals surface area contributed by atoms with Crippen molar-refractivity contribution in [2.45, 2.75) is 33.1 Å². The zero-order valence-corrected chi connectivity index (χ0v) is 19.4. The lowest BCUT2D eigenvalue weighted by Crippen LogP contribution is -2.29. The topological polar surface area (TPSA) is 65.4 Å². The number of aliphatic imine (C=N–C) groups is 1. The van der Waals surface area contributed by atoms with Gasteiger partial charge in [-0.25, -0.2) is 4.99 Å². The number of piperidine rings is 1. The summed E-state index contributed by atoms with van der Waals surface area (Å²) in [6, 6.07) is 13.4. The number of thioether (sulfide) groups is 1. The largest absolute Gasteiger partial charge is 0.504 e. The van der Waals surface area contributed by atoms with Gasteiger partial charge in [-0.05, 0) is 92.9 Å². The number of carbonyl (C=O) groups is 1. The van der Waals surface area contributed by atoms with E-state index >= 15 is 0 Å². The molecule has 4 rings (SSSR count). The van der Waals surface area contributed by atoms with Crippen LogP contribution in [-0.4, -0.2) is 47.3 Å². The minimum atomic E-state index is -0.0628. The third kappa shape index (κ3) is 4.93. The molecule has 6 nitrogen and oxygen atoms in total. The number of hydrogen-bond donors (Lipinski definition) is 1. The lowest BCUT2D eigenvalue weighted by molar-refractivity contribution is -0.122. The molecule has 2 aromatic rings. The van der Waals surface area contributed by atoms with Gasteiger partial charge in [-0.3, -0.25) is 9.69 Å². The van der Waals surface area contributed by atoms with Gasteiger partial charge in [0.2, 0.25) is 0 Å². The van der Waals surface area contributed by atoms with Crippen LogP contribution in [-0.2, 0) is 4.79 Å². The normalized spacial score (nSPS) is 19.2. The van der Waals surface area contributed by atoms with Crippen LogP contribution in [0.1, 0.15) is 38.7 Å². The summed E-state index contributed by atoms with van der Waals surface area (Å²) in [7, 11) is 0. The van der Waals surface area contributed by atoms with E-state index in [1.54, 1.807) is 23.1 Å². The molecule has 0 atom stereocenters. The van der Waals surface area contributed by atoms with Crippen LogP contribution in [0.4, 0.5) is 11.4 Å². The lowest BCUT2D eigenvalue weighted by Gasteiger charge is -2.28. The fourth-order valence-corrected chi connectivity index (χ4v) is 4.98. The average Bonchev–Trinajstić information content (AvgIpc) is 3.11. The molecule has 0 bridgehead atoms. The number of amidine groups is 1. The molecule has 1 N–H and O–H groups in total. The van der Waals surface area contributed by atoms with Gasteiger partial charge in [0.1, 0.15) is 0 Å². The molecule has 0 aromatic heterocycles. The number of ether oxygens (including phenoxy) is 1. The van der Waals surface area contributed by atoms with Gasteiger partial charge in [0, 0.05) is 25.3 Å². The Labute approximate surface area is 193 Å². The quantitative estimate of drug-likeness (QED) is 0.595. The van der Waals surface area contributed by atoms with E-state index in [1.165, 1.54) is 36.7 Å². The first-order valence-electron chi connectivity index (χ1n) is 11.2. The number of amides is 1. The van der Waals surface area contributed by atoms with Crippen molar-refractivity contribution in [3.8, 4) is 11.5 Å². The SMILES string of the molecule is CCOc1cc(/C=C2\SC(=Nc3ccc(N4CCCCC4)cc3)N(CC)C2=O)ccc1O. The van der Waals surface area contributed by atoms with Crippen molar-refractivity contribution in [1.29, 1.82) is 0 Å². The summed E-state index contributed by atoms with van der Waals surface area (Å²) >= 11 is 1.37. The second kappa shape index (κ2) is 10.1. The standard InChI is InChI=1S/C25H29N3O3S/c1-3-28-24(30)23(17-18-8-13-21(29)22(16-18)31-4-2)32-25(28)26-19-9-11-20(12-10-19)27-14-6-5-7-15-27/h8-13,16-17,29H,3-7,14-15H2,1-2H3/b23-17-,26-25?. The first-order valence-corrected chi connectivity index (χ1v) is 12.0. The maximum Gasteiger partial charge on any atom is 0.266 e. The van der Waals surface area contributed by atoms with Crippen LogP contribution in [0.25, 0.3) is 6.08 Å². The summed E-state index contributed by atoms with van der Waals surface area (Å²) in [6.07, 6.45) is 5.62. The summed E-state index contributed by atoms with van der Waals surface area (Å²) < 4.78 is 5.46. The molecule has 1 amide bonds. The fraction of sp³-hybridized carbons (Fsp3) is 0.360. The average molecular weight is 452 g/mol. The highest BCUT2D eigenvalue weighted by Gasteiger charge is 2.32. The molecule has 0 unspecified atom stereocenters. The summed E-state index contributed by atoms with van der Waals surface area (Å²) in [4.78, 5) is 22.4. The number of nitrogens with zero attached hydrogens (tertiary/aromatic N) is 3. The van der Waals surface area contributed by atoms with Crippen LogP contribution in [0.15, 0.2) is 52.4 Å². The highest BCUT2D eigenvalue weighted by Crippen LogP contribution is 2.36. The van der Waals surface area contributed by atoms with E-state index in [1.807, 2.05) is 32.1 Å². The van der Waals surface area contributed by atoms with Crippen LogP contribution in [0, 0.1) is 0 Å². The molecule has 2 aliphatic rings. The summed E-state index contributed by atoms with van der Waals surface area (Å²) in [5.41, 5.74) is 2.86. The van der Waals surface area contributed by atoms with Crippen LogP contribution >= 0.6 is 11.8 Å². The van der Waals surface area contributed by atoms with E-state index in [4.69, 9.17) is 9.73 Å². The van der Waals surface area contributed by atoms with E-state index in [9.17, 15) is 9.90 Å². The Morgan fingerprint density at radius 2 is 1.84 bits per heavy atom. The van der Waals surface area contributed by atoms with Crippen LogP contribution in [0.5, 0.6) is 11.5 Å². The molecule has 7 heteroatoms. The van der Waals surface area contributed by atoms with Gasteiger partial charge >= 0.3 is 0 Å². The maximum atomic E-state index is 12.9. The maximum absolute atomic E-state index is 12.9. The molecule has 168 valence electrons. The van der Waals surface area contributed by atoms with Crippen molar-refractivity contribution in [3.05, 3.63) is 52.9 Å². The number of rotatable bonds is 6. The molecule has 2 heterocycles. The first-order chi connectivity index (χ1) is 15.6. The third-order valence-corrected chi connectivity index (χ3v) is 6.59. The molecule has 0 aliphatic carbocycles. The summed E-state index contributed by atoms with van der Waals surface area (Å²) in [5.74, 6) is 0.435. The predicted octanol–water partition coefficient (Wildman–Crippen LogP) is 5.41. The third-order valence-electron chi connectivity index (χ3n) is 5.58. The van der Waals surface area contributed by atoms with E-state index in [-0.39, 0.29) is 11.7 Å². The van der Waals surface area contributed by atoms with Crippen molar-refractivity contribution < 1.29 is 14.6 Å². The number of anilines is 1. The van der Waals surface area contributed by atoms with E-state index in [0.717, 1.165) is 24.3 Å². The Morgan fingerprint density at radius 1 is 1.09 bits per heavy atom. The van der Waals surface area contributed by atoms with Crippen LogP contribution < -0.4 is 9.64 Å². The second-order valence-electron chi connectivity index (χ2n) is 7.78. The molecule has 2 fully saturated rings. The number of carbonyl (C=O) groups excluding carboxylic acids is 1. The smallest absolute Gasteiger partial charge is 0.266 e. The lowest BCUT2D eigenvalue weighted by atomic mass is 10.1. The number of likely N-dealkylation sites (N-methyl/N-ethyl adjacent to an activating group) is 1. The zero-order chi connectivity index (χ0) is 22.5. The minimum Gasteiger partial charge on any atom is -0.504 e. The van der Waals surface area contributed by atoms with Crippen molar-refractivity contribution in [2.75, 3.05) is 31.1 Å². The molecule has 0 radical (unpaired) electrons.